The fourth-order valence-corrected chi connectivity index (χ4v) is 4.12. The van der Waals surface area contributed by atoms with E-state index in [0.29, 0.717) is 0 Å². The van der Waals surface area contributed by atoms with Crippen LogP contribution >= 0.6 is 11.6 Å². The molecule has 5 aromatic rings. The molecule has 0 radical (unpaired) electrons. The first-order valence-corrected chi connectivity index (χ1v) is 10.8. The van der Waals surface area contributed by atoms with E-state index < -0.39 is 0 Å². The van der Waals surface area contributed by atoms with Crippen LogP contribution in [-0.4, -0.2) is 0 Å². The van der Waals surface area contributed by atoms with Crippen LogP contribution in [0, 0.1) is 0 Å². The molecule has 0 heterocycles. The Labute approximate surface area is 188 Å². The van der Waals surface area contributed by atoms with Crippen molar-refractivity contribution in [3.63, 3.8) is 0 Å². The van der Waals surface area contributed by atoms with Gasteiger partial charge in [-0.3, -0.25) is 0 Å². The number of rotatable bonds is 4. The van der Waals surface area contributed by atoms with Gasteiger partial charge in [0.25, 0.3) is 0 Å². The van der Waals surface area contributed by atoms with Crippen molar-refractivity contribution in [1.82, 2.24) is 0 Å². The molecule has 0 saturated carbocycles. The number of hydrogen-bond donors (Lipinski definition) is 0. The molecule has 31 heavy (non-hydrogen) atoms. The van der Waals surface area contributed by atoms with Crippen LogP contribution in [0.15, 0.2) is 127 Å². The SMILES string of the molecule is Clc1cccc(-c2cccc(-c3cccc(-c4cccc(-c5ccccc5)c4)c3)c2)c1. The van der Waals surface area contributed by atoms with Gasteiger partial charge in [-0.15, -0.1) is 0 Å². The third kappa shape index (κ3) is 4.30. The van der Waals surface area contributed by atoms with Gasteiger partial charge < -0.3 is 0 Å². The molecule has 0 aliphatic carbocycles. The van der Waals surface area contributed by atoms with Crippen molar-refractivity contribution >= 4 is 11.6 Å². The zero-order valence-electron chi connectivity index (χ0n) is 17.0. The highest BCUT2D eigenvalue weighted by Crippen LogP contribution is 2.32. The van der Waals surface area contributed by atoms with Crippen LogP contribution < -0.4 is 0 Å². The maximum Gasteiger partial charge on any atom is 0.0412 e. The summed E-state index contributed by atoms with van der Waals surface area (Å²) in [6.07, 6.45) is 0. The second-order valence-corrected chi connectivity index (χ2v) is 8.06. The lowest BCUT2D eigenvalue weighted by molar-refractivity contribution is 1.56. The number of halogens is 1. The quantitative estimate of drug-likeness (QED) is 0.274. The van der Waals surface area contributed by atoms with Gasteiger partial charge in [0.15, 0.2) is 0 Å². The molecule has 5 aromatic carbocycles. The second-order valence-electron chi connectivity index (χ2n) is 7.62. The van der Waals surface area contributed by atoms with Gasteiger partial charge in [-0.05, 0) is 74.8 Å². The van der Waals surface area contributed by atoms with Crippen molar-refractivity contribution in [2.75, 3.05) is 0 Å². The van der Waals surface area contributed by atoms with E-state index in [1.807, 2.05) is 24.3 Å². The summed E-state index contributed by atoms with van der Waals surface area (Å²) < 4.78 is 0. The largest absolute Gasteiger partial charge is 0.0843 e. The molecule has 0 atom stereocenters. The summed E-state index contributed by atoms with van der Waals surface area (Å²) in [4.78, 5) is 0. The van der Waals surface area contributed by atoms with E-state index in [0.717, 1.165) is 16.1 Å². The van der Waals surface area contributed by atoms with Gasteiger partial charge >= 0.3 is 0 Å². The Balaban J connectivity index is 1.51. The van der Waals surface area contributed by atoms with Crippen molar-refractivity contribution in [2.45, 2.75) is 0 Å². The molecule has 0 N–H and O–H groups in total. The van der Waals surface area contributed by atoms with Crippen molar-refractivity contribution in [2.24, 2.45) is 0 Å². The van der Waals surface area contributed by atoms with Crippen LogP contribution in [0.25, 0.3) is 44.5 Å². The third-order valence-electron chi connectivity index (χ3n) is 5.52. The van der Waals surface area contributed by atoms with Crippen LogP contribution in [0.5, 0.6) is 0 Å². The molecule has 0 spiro atoms. The van der Waals surface area contributed by atoms with E-state index in [4.69, 9.17) is 11.6 Å². The van der Waals surface area contributed by atoms with E-state index in [1.165, 1.54) is 33.4 Å². The van der Waals surface area contributed by atoms with Crippen molar-refractivity contribution in [3.05, 3.63) is 132 Å². The van der Waals surface area contributed by atoms with E-state index in [2.05, 4.69) is 103 Å². The van der Waals surface area contributed by atoms with Gasteiger partial charge in [-0.2, -0.15) is 0 Å². The summed E-state index contributed by atoms with van der Waals surface area (Å²) in [6, 6.07) is 44.6. The Morgan fingerprint density at radius 2 is 0.613 bits per heavy atom. The average Bonchev–Trinajstić information content (AvgIpc) is 2.85. The van der Waals surface area contributed by atoms with Crippen LogP contribution in [0.2, 0.25) is 5.02 Å². The predicted molar refractivity (Wildman–Crippen MR) is 133 cm³/mol. The van der Waals surface area contributed by atoms with Gasteiger partial charge in [-0.25, -0.2) is 0 Å². The van der Waals surface area contributed by atoms with Gasteiger partial charge in [0.1, 0.15) is 0 Å². The lowest BCUT2D eigenvalue weighted by Gasteiger charge is -2.10. The predicted octanol–water partition coefficient (Wildman–Crippen LogP) is 9.01. The Kier molecular flexibility index (Phi) is 5.39. The molecule has 0 aliphatic heterocycles. The van der Waals surface area contributed by atoms with Crippen LogP contribution in [-0.2, 0) is 0 Å². The van der Waals surface area contributed by atoms with Gasteiger partial charge in [0.2, 0.25) is 0 Å². The molecule has 0 amide bonds. The minimum absolute atomic E-state index is 0.753. The van der Waals surface area contributed by atoms with E-state index in [-0.39, 0.29) is 0 Å². The molecule has 0 bridgehead atoms. The fraction of sp³-hybridized carbons (Fsp3) is 0. The molecule has 1 heteroatoms. The zero-order valence-corrected chi connectivity index (χ0v) is 17.8. The first kappa shape index (κ1) is 19.4. The highest BCUT2D eigenvalue weighted by Gasteiger charge is 2.06. The first-order chi connectivity index (χ1) is 15.3. The summed E-state index contributed by atoms with van der Waals surface area (Å²) >= 11 is 6.20. The maximum atomic E-state index is 6.20. The Morgan fingerprint density at radius 1 is 0.290 bits per heavy atom. The fourth-order valence-electron chi connectivity index (χ4n) is 3.93. The molecule has 0 nitrogen and oxygen atoms in total. The summed E-state index contributed by atoms with van der Waals surface area (Å²) in [5.41, 5.74) is 9.57. The molecule has 5 rings (SSSR count). The minimum atomic E-state index is 0.753. The molecule has 0 aliphatic rings. The molecule has 148 valence electrons. The highest BCUT2D eigenvalue weighted by atomic mass is 35.5. The van der Waals surface area contributed by atoms with Crippen molar-refractivity contribution in [3.8, 4) is 44.5 Å². The molecule has 0 unspecified atom stereocenters. The van der Waals surface area contributed by atoms with E-state index >= 15 is 0 Å². The monoisotopic (exact) mass is 416 g/mol. The first-order valence-electron chi connectivity index (χ1n) is 10.4. The molecular formula is C30H21Cl. The standard InChI is InChI=1S/C30H21Cl/c31-30-17-7-16-29(21-30)28-15-6-14-27(20-28)26-13-5-12-25(19-26)24-11-4-10-23(18-24)22-8-2-1-3-9-22/h1-21H. The number of benzene rings is 5. The molecule has 0 aromatic heterocycles. The molecule has 0 saturated heterocycles. The Hall–Kier alpha value is -3.61. The smallest absolute Gasteiger partial charge is 0.0412 e. The normalized spacial score (nSPS) is 10.7. The van der Waals surface area contributed by atoms with Crippen LogP contribution in [0.3, 0.4) is 0 Å². The zero-order chi connectivity index (χ0) is 21.0. The van der Waals surface area contributed by atoms with E-state index in [1.54, 1.807) is 0 Å². The summed E-state index contributed by atoms with van der Waals surface area (Å²) in [7, 11) is 0. The third-order valence-corrected chi connectivity index (χ3v) is 5.75. The Morgan fingerprint density at radius 3 is 1.03 bits per heavy atom. The van der Waals surface area contributed by atoms with Gasteiger partial charge in [0, 0.05) is 5.02 Å². The Bertz CT molecular complexity index is 1340. The minimum Gasteiger partial charge on any atom is -0.0843 e. The summed E-state index contributed by atoms with van der Waals surface area (Å²) in [5.74, 6) is 0. The van der Waals surface area contributed by atoms with Gasteiger partial charge in [-0.1, -0.05) is 109 Å². The number of hydrogen-bond acceptors (Lipinski definition) is 0. The maximum absolute atomic E-state index is 6.20. The van der Waals surface area contributed by atoms with E-state index in [9.17, 15) is 0 Å². The molecular weight excluding hydrogens is 396 g/mol. The average molecular weight is 417 g/mol. The topological polar surface area (TPSA) is 0 Å². The molecule has 0 fully saturated rings. The highest BCUT2D eigenvalue weighted by molar-refractivity contribution is 6.30. The summed E-state index contributed by atoms with van der Waals surface area (Å²) in [5, 5.41) is 0.753. The lowest BCUT2D eigenvalue weighted by Crippen LogP contribution is -1.84. The second kappa shape index (κ2) is 8.63. The van der Waals surface area contributed by atoms with Crippen molar-refractivity contribution in [1.29, 1.82) is 0 Å². The van der Waals surface area contributed by atoms with Gasteiger partial charge in [0.05, 0.1) is 0 Å². The lowest BCUT2D eigenvalue weighted by atomic mass is 9.95. The summed E-state index contributed by atoms with van der Waals surface area (Å²) in [6.45, 7) is 0. The van der Waals surface area contributed by atoms with Crippen molar-refractivity contribution < 1.29 is 0 Å². The van der Waals surface area contributed by atoms with Crippen LogP contribution in [0.4, 0.5) is 0 Å². The van der Waals surface area contributed by atoms with Crippen LogP contribution in [0.1, 0.15) is 0 Å².